The molecule has 0 heterocycles. The molecule has 70 valence electrons. The Morgan fingerprint density at radius 1 is 1.75 bits per heavy atom. The van der Waals surface area contributed by atoms with Gasteiger partial charge in [0.25, 0.3) is 0 Å². The average molecular weight is 195 g/mol. The first kappa shape index (κ1) is 11.4. The highest BCUT2D eigenvalue weighted by Gasteiger charge is 2.24. The van der Waals surface area contributed by atoms with Crippen molar-refractivity contribution >= 4 is 17.6 Å². The van der Waals surface area contributed by atoms with Crippen LogP contribution < -0.4 is 0 Å². The lowest BCUT2D eigenvalue weighted by molar-refractivity contribution is -0.144. The summed E-state index contributed by atoms with van der Waals surface area (Å²) in [4.78, 5) is 10.7. The van der Waals surface area contributed by atoms with E-state index in [0.29, 0.717) is 0 Å². The Morgan fingerprint density at radius 2 is 2.25 bits per heavy atom. The van der Waals surface area contributed by atoms with Crippen molar-refractivity contribution in [3.05, 3.63) is 12.2 Å². The zero-order chi connectivity index (χ0) is 9.78. The molecule has 0 aliphatic rings. The molecule has 0 saturated carbocycles. The van der Waals surface area contributed by atoms with Crippen molar-refractivity contribution in [3.63, 3.8) is 0 Å². The second-order valence-corrected chi connectivity index (χ2v) is 3.14. The number of esters is 1. The van der Waals surface area contributed by atoms with Crippen LogP contribution in [0.1, 0.15) is 6.92 Å². The number of hydrogen-bond donors (Lipinski definition) is 2. The van der Waals surface area contributed by atoms with E-state index in [2.05, 4.69) is 11.3 Å². The normalized spacial score (nSPS) is 15.0. The molecule has 0 amide bonds. The molecule has 1 unspecified atom stereocenters. The molecule has 0 spiro atoms. The molecule has 0 radical (unpaired) electrons. The van der Waals surface area contributed by atoms with Crippen molar-refractivity contribution in [2.24, 2.45) is 0 Å². The van der Waals surface area contributed by atoms with Crippen LogP contribution in [0, 0.1) is 0 Å². The third-order valence-corrected chi connectivity index (χ3v) is 1.24. The van der Waals surface area contributed by atoms with Crippen LogP contribution in [0.25, 0.3) is 0 Å². The van der Waals surface area contributed by atoms with Crippen LogP contribution in [-0.4, -0.2) is 34.5 Å². The summed E-state index contributed by atoms with van der Waals surface area (Å²) >= 11 is 5.27. The zero-order valence-corrected chi connectivity index (χ0v) is 7.47. The van der Waals surface area contributed by atoms with Crippen molar-refractivity contribution in [2.45, 2.75) is 12.0 Å². The van der Waals surface area contributed by atoms with Gasteiger partial charge in [-0.1, -0.05) is 18.2 Å². The van der Waals surface area contributed by atoms with Crippen LogP contribution in [-0.2, 0) is 9.53 Å². The lowest BCUT2D eigenvalue weighted by atomic mass is 10.3. The minimum Gasteiger partial charge on any atom is -0.458 e. The number of aliphatic hydroxyl groups excluding tert-OH is 1. The fraction of sp³-hybridized carbons (Fsp3) is 0.571. The van der Waals surface area contributed by atoms with Crippen molar-refractivity contribution < 1.29 is 19.7 Å². The van der Waals surface area contributed by atoms with Crippen LogP contribution in [0.15, 0.2) is 12.2 Å². The van der Waals surface area contributed by atoms with Crippen LogP contribution >= 0.6 is 11.6 Å². The first-order valence-electron chi connectivity index (χ1n) is 3.24. The fourth-order valence-corrected chi connectivity index (χ4v) is 0.400. The fourth-order valence-electron chi connectivity index (χ4n) is 0.345. The third kappa shape index (κ3) is 4.33. The summed E-state index contributed by atoms with van der Waals surface area (Å²) in [6.07, 6.45) is 0. The van der Waals surface area contributed by atoms with E-state index in [9.17, 15) is 4.79 Å². The maximum absolute atomic E-state index is 10.7. The highest BCUT2D eigenvalue weighted by atomic mass is 35.5. The summed E-state index contributed by atoms with van der Waals surface area (Å²) in [5.41, 5.74) is 0.209. The number of carbonyl (C=O) groups excluding carboxylic acids is 1. The maximum atomic E-state index is 10.7. The summed E-state index contributed by atoms with van der Waals surface area (Å²) in [6.45, 7) is 3.64. The molecular formula is C7H11ClO4. The van der Waals surface area contributed by atoms with Gasteiger partial charge in [-0.25, -0.2) is 4.79 Å². The van der Waals surface area contributed by atoms with Gasteiger partial charge in [-0.3, -0.25) is 0 Å². The Kier molecular flexibility index (Phi) is 4.23. The number of halogens is 1. The van der Waals surface area contributed by atoms with Gasteiger partial charge in [0.15, 0.2) is 5.06 Å². The molecule has 0 saturated heterocycles. The van der Waals surface area contributed by atoms with Crippen molar-refractivity contribution in [2.75, 3.05) is 13.2 Å². The number of carbonyl (C=O) groups is 1. The molecule has 0 aromatic carbocycles. The zero-order valence-electron chi connectivity index (χ0n) is 6.71. The van der Waals surface area contributed by atoms with E-state index in [1.54, 1.807) is 0 Å². The first-order chi connectivity index (χ1) is 5.39. The molecular weight excluding hydrogens is 184 g/mol. The van der Waals surface area contributed by atoms with Gasteiger partial charge in [-0.15, -0.1) is 0 Å². The number of aliphatic hydroxyl groups is 2. The molecule has 5 heteroatoms. The minimum atomic E-state index is -1.90. The highest BCUT2D eigenvalue weighted by Crippen LogP contribution is 2.10. The van der Waals surface area contributed by atoms with Gasteiger partial charge < -0.3 is 14.9 Å². The third-order valence-electron chi connectivity index (χ3n) is 1.02. The Balaban J connectivity index is 3.83. The van der Waals surface area contributed by atoms with Crippen molar-refractivity contribution in [3.8, 4) is 0 Å². The second kappa shape index (κ2) is 4.45. The molecule has 2 N–H and O–H groups in total. The first-order valence-corrected chi connectivity index (χ1v) is 3.61. The number of rotatable bonds is 4. The predicted octanol–water partition coefficient (Wildman–Crippen LogP) is 0.0254. The molecule has 0 fully saturated rings. The van der Waals surface area contributed by atoms with Gasteiger partial charge in [0.1, 0.15) is 6.61 Å². The Hall–Kier alpha value is -0.580. The standard InChI is InChI=1S/C7H11ClO4/c1-5(2)6(10)12-4-7(8,11)3-9/h9,11H,1,3-4H2,2H3. The monoisotopic (exact) mass is 194 g/mol. The highest BCUT2D eigenvalue weighted by molar-refractivity contribution is 6.23. The van der Waals surface area contributed by atoms with Crippen LogP contribution in [0.4, 0.5) is 0 Å². The number of alkyl halides is 1. The number of ether oxygens (including phenoxy) is 1. The summed E-state index contributed by atoms with van der Waals surface area (Å²) in [5.74, 6) is -0.650. The van der Waals surface area contributed by atoms with E-state index in [4.69, 9.17) is 21.8 Å². The van der Waals surface area contributed by atoms with Crippen LogP contribution in [0.2, 0.25) is 0 Å². The topological polar surface area (TPSA) is 66.8 Å². The summed E-state index contributed by atoms with van der Waals surface area (Å²) in [5, 5.41) is 15.5. The summed E-state index contributed by atoms with van der Waals surface area (Å²) in [6, 6.07) is 0. The predicted molar refractivity (Wildman–Crippen MR) is 43.7 cm³/mol. The van der Waals surface area contributed by atoms with E-state index in [1.807, 2.05) is 0 Å². The van der Waals surface area contributed by atoms with Gasteiger partial charge in [0.2, 0.25) is 0 Å². The maximum Gasteiger partial charge on any atom is 0.333 e. The smallest absolute Gasteiger partial charge is 0.333 e. The van der Waals surface area contributed by atoms with Crippen LogP contribution in [0.5, 0.6) is 0 Å². The van der Waals surface area contributed by atoms with E-state index in [0.717, 1.165) is 0 Å². The molecule has 12 heavy (non-hydrogen) atoms. The molecule has 1 atom stereocenters. The lowest BCUT2D eigenvalue weighted by Gasteiger charge is -2.16. The van der Waals surface area contributed by atoms with Gasteiger partial charge in [0, 0.05) is 5.57 Å². The SMILES string of the molecule is C=C(C)C(=O)OCC(O)(Cl)CO. The summed E-state index contributed by atoms with van der Waals surface area (Å²) in [7, 11) is 0. The van der Waals surface area contributed by atoms with Crippen LogP contribution in [0.3, 0.4) is 0 Å². The van der Waals surface area contributed by atoms with Crippen molar-refractivity contribution in [1.82, 2.24) is 0 Å². The largest absolute Gasteiger partial charge is 0.458 e. The van der Waals surface area contributed by atoms with Gasteiger partial charge in [-0.2, -0.15) is 0 Å². The van der Waals surface area contributed by atoms with Gasteiger partial charge >= 0.3 is 5.97 Å². The molecule has 0 aliphatic heterocycles. The molecule has 4 nitrogen and oxygen atoms in total. The number of hydrogen-bond acceptors (Lipinski definition) is 4. The van der Waals surface area contributed by atoms with Crippen molar-refractivity contribution in [1.29, 1.82) is 0 Å². The minimum absolute atomic E-state index is 0.209. The summed E-state index contributed by atoms with van der Waals surface area (Å²) < 4.78 is 4.48. The average Bonchev–Trinajstić information content (AvgIpc) is 2.00. The molecule has 0 aliphatic carbocycles. The Bertz CT molecular complexity index is 188. The van der Waals surface area contributed by atoms with E-state index < -0.39 is 24.2 Å². The Labute approximate surface area is 75.4 Å². The van der Waals surface area contributed by atoms with E-state index >= 15 is 0 Å². The Morgan fingerprint density at radius 3 is 2.58 bits per heavy atom. The molecule has 0 aromatic rings. The van der Waals surface area contributed by atoms with Gasteiger partial charge in [0.05, 0.1) is 6.61 Å². The van der Waals surface area contributed by atoms with E-state index in [-0.39, 0.29) is 5.57 Å². The molecule has 0 aromatic heterocycles. The van der Waals surface area contributed by atoms with E-state index in [1.165, 1.54) is 6.92 Å². The molecule has 0 bridgehead atoms. The quantitative estimate of drug-likeness (QED) is 0.376. The van der Waals surface area contributed by atoms with Gasteiger partial charge in [-0.05, 0) is 6.92 Å². The molecule has 0 rings (SSSR count). The lowest BCUT2D eigenvalue weighted by Crippen LogP contribution is -2.33. The second-order valence-electron chi connectivity index (χ2n) is 2.43.